The number of hydrogen-bond acceptors (Lipinski definition) is 2. The summed E-state index contributed by atoms with van der Waals surface area (Å²) in [5, 5.41) is 3.55. The first-order valence-electron chi connectivity index (χ1n) is 7.64. The van der Waals surface area contributed by atoms with Gasteiger partial charge in [0.1, 0.15) is 0 Å². The van der Waals surface area contributed by atoms with Crippen LogP contribution in [-0.4, -0.2) is 24.8 Å². The van der Waals surface area contributed by atoms with E-state index in [9.17, 15) is 0 Å². The normalized spacial score (nSPS) is 31.3. The Hall–Kier alpha value is -0.0800. The van der Waals surface area contributed by atoms with E-state index in [0.29, 0.717) is 12.0 Å². The Bertz CT molecular complexity index is 234. The van der Waals surface area contributed by atoms with Gasteiger partial charge in [0, 0.05) is 12.1 Å². The van der Waals surface area contributed by atoms with Crippen molar-refractivity contribution >= 4 is 0 Å². The molecule has 0 aliphatic heterocycles. The average Bonchev–Trinajstić information content (AvgIpc) is 2.27. The molecule has 18 heavy (non-hydrogen) atoms. The molecule has 0 saturated heterocycles. The second kappa shape index (κ2) is 6.91. The van der Waals surface area contributed by atoms with Crippen molar-refractivity contribution in [2.24, 2.45) is 17.8 Å². The Morgan fingerprint density at radius 3 is 2.39 bits per heavy atom. The lowest BCUT2D eigenvalue weighted by Crippen LogP contribution is -2.40. The van der Waals surface area contributed by atoms with E-state index in [4.69, 9.17) is 4.74 Å². The van der Waals surface area contributed by atoms with Gasteiger partial charge in [-0.05, 0) is 57.8 Å². The largest absolute Gasteiger partial charge is 0.378 e. The van der Waals surface area contributed by atoms with Gasteiger partial charge < -0.3 is 10.1 Å². The first-order valence-corrected chi connectivity index (χ1v) is 7.64. The fraction of sp³-hybridized carbons (Fsp3) is 1.00. The van der Waals surface area contributed by atoms with Crippen molar-refractivity contribution in [3.05, 3.63) is 0 Å². The van der Waals surface area contributed by atoms with Crippen LogP contribution >= 0.6 is 0 Å². The number of hydrogen-bond donors (Lipinski definition) is 1. The number of ether oxygens (including phenoxy) is 1. The SMILES string of the molecule is CC(CNC(C)(C)C)COC1CCC(C)C(C)C1. The molecule has 2 nitrogen and oxygen atoms in total. The lowest BCUT2D eigenvalue weighted by Gasteiger charge is -2.33. The monoisotopic (exact) mass is 255 g/mol. The van der Waals surface area contributed by atoms with E-state index in [0.717, 1.165) is 25.0 Å². The molecular weight excluding hydrogens is 222 g/mol. The average molecular weight is 255 g/mol. The van der Waals surface area contributed by atoms with Crippen LogP contribution < -0.4 is 5.32 Å². The molecule has 4 atom stereocenters. The van der Waals surface area contributed by atoms with Crippen LogP contribution in [0.2, 0.25) is 0 Å². The maximum absolute atomic E-state index is 6.09. The molecular formula is C16H33NO. The van der Waals surface area contributed by atoms with Crippen molar-refractivity contribution in [3.8, 4) is 0 Å². The van der Waals surface area contributed by atoms with Crippen LogP contribution in [0.15, 0.2) is 0 Å². The summed E-state index contributed by atoms with van der Waals surface area (Å²) in [6.07, 6.45) is 4.35. The standard InChI is InChI=1S/C16H33NO/c1-12(10-17-16(4,5)6)11-18-15-8-7-13(2)14(3)9-15/h12-15,17H,7-11H2,1-6H3. The van der Waals surface area contributed by atoms with Crippen molar-refractivity contribution in [1.82, 2.24) is 5.32 Å². The maximum Gasteiger partial charge on any atom is 0.0578 e. The summed E-state index contributed by atoms with van der Waals surface area (Å²) in [6, 6.07) is 0. The molecule has 2 heteroatoms. The highest BCUT2D eigenvalue weighted by atomic mass is 16.5. The first kappa shape index (κ1) is 16.0. The molecule has 4 unspecified atom stereocenters. The van der Waals surface area contributed by atoms with Crippen molar-refractivity contribution in [1.29, 1.82) is 0 Å². The maximum atomic E-state index is 6.09. The highest BCUT2D eigenvalue weighted by Gasteiger charge is 2.25. The van der Waals surface area contributed by atoms with Crippen molar-refractivity contribution < 1.29 is 4.74 Å². The summed E-state index contributed by atoms with van der Waals surface area (Å²) in [4.78, 5) is 0. The van der Waals surface area contributed by atoms with Crippen LogP contribution in [0.25, 0.3) is 0 Å². The molecule has 1 aliphatic rings. The third-order valence-corrected chi connectivity index (χ3v) is 4.15. The molecule has 108 valence electrons. The summed E-state index contributed by atoms with van der Waals surface area (Å²) in [5.41, 5.74) is 0.211. The van der Waals surface area contributed by atoms with Crippen molar-refractivity contribution in [2.45, 2.75) is 72.4 Å². The Kier molecular flexibility index (Phi) is 6.13. The Morgan fingerprint density at radius 1 is 1.17 bits per heavy atom. The number of nitrogens with one attached hydrogen (secondary N) is 1. The van der Waals surface area contributed by atoms with Crippen LogP contribution in [0.1, 0.15) is 60.8 Å². The zero-order valence-corrected chi connectivity index (χ0v) is 13.3. The van der Waals surface area contributed by atoms with Gasteiger partial charge in [-0.1, -0.05) is 20.8 Å². The quantitative estimate of drug-likeness (QED) is 0.805. The molecule has 1 saturated carbocycles. The summed E-state index contributed by atoms with van der Waals surface area (Å²) in [6.45, 7) is 15.6. The van der Waals surface area contributed by atoms with E-state index in [1.54, 1.807) is 0 Å². The predicted molar refractivity (Wildman–Crippen MR) is 78.8 cm³/mol. The molecule has 0 aromatic rings. The number of rotatable bonds is 5. The zero-order chi connectivity index (χ0) is 13.8. The topological polar surface area (TPSA) is 21.3 Å². The van der Waals surface area contributed by atoms with Gasteiger partial charge in [0.2, 0.25) is 0 Å². The van der Waals surface area contributed by atoms with Gasteiger partial charge in [-0.2, -0.15) is 0 Å². The minimum Gasteiger partial charge on any atom is -0.378 e. The van der Waals surface area contributed by atoms with Gasteiger partial charge >= 0.3 is 0 Å². The van der Waals surface area contributed by atoms with E-state index < -0.39 is 0 Å². The summed E-state index contributed by atoms with van der Waals surface area (Å²) in [7, 11) is 0. The first-order chi connectivity index (χ1) is 8.28. The molecule has 1 aliphatic carbocycles. The fourth-order valence-electron chi connectivity index (χ4n) is 2.49. The van der Waals surface area contributed by atoms with E-state index in [1.807, 2.05) is 0 Å². The molecule has 1 fully saturated rings. The van der Waals surface area contributed by atoms with Crippen LogP contribution in [-0.2, 0) is 4.74 Å². The third-order valence-electron chi connectivity index (χ3n) is 4.15. The highest BCUT2D eigenvalue weighted by Crippen LogP contribution is 2.31. The molecule has 0 radical (unpaired) electrons. The Balaban J connectivity index is 2.16. The summed E-state index contributed by atoms with van der Waals surface area (Å²) >= 11 is 0. The zero-order valence-electron chi connectivity index (χ0n) is 13.3. The fourth-order valence-corrected chi connectivity index (χ4v) is 2.49. The Labute approximate surface area is 114 Å². The van der Waals surface area contributed by atoms with Gasteiger partial charge in [-0.15, -0.1) is 0 Å². The van der Waals surface area contributed by atoms with Crippen LogP contribution in [0, 0.1) is 17.8 Å². The molecule has 0 aromatic heterocycles. The van der Waals surface area contributed by atoms with Crippen LogP contribution in [0.4, 0.5) is 0 Å². The van der Waals surface area contributed by atoms with E-state index in [-0.39, 0.29) is 5.54 Å². The second-order valence-corrected chi connectivity index (χ2v) is 7.46. The molecule has 0 heterocycles. The minimum absolute atomic E-state index is 0.211. The van der Waals surface area contributed by atoms with Crippen LogP contribution in [0.5, 0.6) is 0 Å². The van der Waals surface area contributed by atoms with Gasteiger partial charge in [0.15, 0.2) is 0 Å². The van der Waals surface area contributed by atoms with Gasteiger partial charge in [-0.3, -0.25) is 0 Å². The van der Waals surface area contributed by atoms with E-state index >= 15 is 0 Å². The molecule has 1 rings (SSSR count). The third kappa shape index (κ3) is 6.19. The van der Waals surface area contributed by atoms with Gasteiger partial charge in [0.25, 0.3) is 0 Å². The van der Waals surface area contributed by atoms with Gasteiger partial charge in [-0.25, -0.2) is 0 Å². The highest BCUT2D eigenvalue weighted by molar-refractivity contribution is 4.76. The Morgan fingerprint density at radius 2 is 1.83 bits per heavy atom. The molecule has 0 bridgehead atoms. The molecule has 1 N–H and O–H groups in total. The summed E-state index contributed by atoms with van der Waals surface area (Å²) < 4.78 is 6.09. The molecule has 0 amide bonds. The van der Waals surface area contributed by atoms with E-state index in [1.165, 1.54) is 19.3 Å². The molecule has 0 spiro atoms. The summed E-state index contributed by atoms with van der Waals surface area (Å²) in [5.74, 6) is 2.30. The predicted octanol–water partition coefficient (Wildman–Crippen LogP) is 3.85. The van der Waals surface area contributed by atoms with Crippen LogP contribution in [0.3, 0.4) is 0 Å². The molecule has 0 aromatic carbocycles. The van der Waals surface area contributed by atoms with Crippen molar-refractivity contribution in [2.75, 3.05) is 13.2 Å². The second-order valence-electron chi connectivity index (χ2n) is 7.46. The lowest BCUT2D eigenvalue weighted by molar-refractivity contribution is -0.0120. The lowest BCUT2D eigenvalue weighted by atomic mass is 9.80. The smallest absolute Gasteiger partial charge is 0.0578 e. The minimum atomic E-state index is 0.211. The van der Waals surface area contributed by atoms with E-state index in [2.05, 4.69) is 46.9 Å². The van der Waals surface area contributed by atoms with Gasteiger partial charge in [0.05, 0.1) is 12.7 Å². The van der Waals surface area contributed by atoms with Crippen molar-refractivity contribution in [3.63, 3.8) is 0 Å².